The van der Waals surface area contributed by atoms with E-state index in [0.717, 1.165) is 36.9 Å². The number of thiazole rings is 1. The van der Waals surface area contributed by atoms with E-state index < -0.39 is 0 Å². The van der Waals surface area contributed by atoms with Gasteiger partial charge in [-0.1, -0.05) is 11.3 Å². The fourth-order valence-corrected chi connectivity index (χ4v) is 3.43. The van der Waals surface area contributed by atoms with E-state index in [0.29, 0.717) is 10.8 Å². The second-order valence-corrected chi connectivity index (χ2v) is 5.79. The second-order valence-electron chi connectivity index (χ2n) is 4.81. The van der Waals surface area contributed by atoms with Crippen LogP contribution in [0.3, 0.4) is 0 Å². The topological polar surface area (TPSA) is 51.7 Å². The molecule has 0 bridgehead atoms. The Morgan fingerprint density at radius 1 is 1.53 bits per heavy atom. The largest absolute Gasteiger partial charge is 0.465 e. The molecule has 1 fully saturated rings. The molecule has 1 saturated heterocycles. The number of hydrogen-bond donors (Lipinski definition) is 0. The third-order valence-corrected chi connectivity index (χ3v) is 4.55. The number of piperidine rings is 1. The molecular weight excluding hydrogens is 264 g/mol. The number of ether oxygens (including phenoxy) is 2. The van der Waals surface area contributed by atoms with Gasteiger partial charge < -0.3 is 14.4 Å². The standard InChI is InChI=1S/C13H20N2O3S/c1-9-11(12(16)18-3)19-13(14-9)15-6-4-5-10(7-15)8-17-2/h10H,4-8H2,1-3H3. The molecule has 106 valence electrons. The number of aromatic nitrogens is 1. The zero-order chi connectivity index (χ0) is 13.8. The normalized spacial score (nSPS) is 19.5. The van der Waals surface area contributed by atoms with Crippen LogP contribution in [0, 0.1) is 12.8 Å². The number of hydrogen-bond acceptors (Lipinski definition) is 6. The molecule has 1 unspecified atom stereocenters. The summed E-state index contributed by atoms with van der Waals surface area (Å²) >= 11 is 1.42. The summed E-state index contributed by atoms with van der Waals surface area (Å²) in [6.07, 6.45) is 2.33. The Hall–Kier alpha value is -1.14. The first-order valence-electron chi connectivity index (χ1n) is 6.45. The van der Waals surface area contributed by atoms with Crippen LogP contribution in [0.2, 0.25) is 0 Å². The maximum absolute atomic E-state index is 11.6. The number of esters is 1. The summed E-state index contributed by atoms with van der Waals surface area (Å²) < 4.78 is 10.0. The highest BCUT2D eigenvalue weighted by Gasteiger charge is 2.24. The van der Waals surface area contributed by atoms with Crippen molar-refractivity contribution in [2.24, 2.45) is 5.92 Å². The van der Waals surface area contributed by atoms with Crippen LogP contribution < -0.4 is 4.90 Å². The number of nitrogens with zero attached hydrogens (tertiary/aromatic N) is 2. The second kappa shape index (κ2) is 6.34. The van der Waals surface area contributed by atoms with Crippen molar-refractivity contribution in [1.82, 2.24) is 4.98 Å². The number of rotatable bonds is 4. The summed E-state index contributed by atoms with van der Waals surface area (Å²) in [7, 11) is 3.14. The Morgan fingerprint density at radius 2 is 2.32 bits per heavy atom. The zero-order valence-corrected chi connectivity index (χ0v) is 12.5. The molecule has 0 spiro atoms. The van der Waals surface area contributed by atoms with Crippen molar-refractivity contribution in [3.8, 4) is 0 Å². The van der Waals surface area contributed by atoms with Crippen molar-refractivity contribution < 1.29 is 14.3 Å². The highest BCUT2D eigenvalue weighted by molar-refractivity contribution is 7.17. The van der Waals surface area contributed by atoms with Crippen molar-refractivity contribution in [3.63, 3.8) is 0 Å². The number of carbonyl (C=O) groups excluding carboxylic acids is 1. The summed E-state index contributed by atoms with van der Waals surface area (Å²) in [5.74, 6) is 0.247. The first-order valence-corrected chi connectivity index (χ1v) is 7.27. The molecule has 2 rings (SSSR count). The summed E-state index contributed by atoms with van der Waals surface area (Å²) in [6.45, 7) is 4.57. The Balaban J connectivity index is 2.11. The first kappa shape index (κ1) is 14.3. The predicted molar refractivity (Wildman–Crippen MR) is 75.0 cm³/mol. The molecule has 6 heteroatoms. The predicted octanol–water partition coefficient (Wildman–Crippen LogP) is 2.10. The van der Waals surface area contributed by atoms with Gasteiger partial charge >= 0.3 is 5.97 Å². The van der Waals surface area contributed by atoms with E-state index in [4.69, 9.17) is 9.47 Å². The third-order valence-electron chi connectivity index (χ3n) is 3.35. The number of methoxy groups -OCH3 is 2. The molecule has 1 aliphatic heterocycles. The van der Waals surface area contributed by atoms with Crippen molar-refractivity contribution >= 4 is 22.4 Å². The van der Waals surface area contributed by atoms with E-state index in [-0.39, 0.29) is 5.97 Å². The molecule has 1 aromatic heterocycles. The fraction of sp³-hybridized carbons (Fsp3) is 0.692. The van der Waals surface area contributed by atoms with E-state index in [2.05, 4.69) is 9.88 Å². The monoisotopic (exact) mass is 284 g/mol. The summed E-state index contributed by atoms with van der Waals surface area (Å²) in [4.78, 5) is 19.0. The van der Waals surface area contributed by atoms with Gasteiger partial charge in [-0.2, -0.15) is 0 Å². The fourth-order valence-electron chi connectivity index (χ4n) is 2.41. The maximum atomic E-state index is 11.6. The van der Waals surface area contributed by atoms with E-state index in [1.807, 2.05) is 6.92 Å². The highest BCUT2D eigenvalue weighted by Crippen LogP contribution is 2.30. The van der Waals surface area contributed by atoms with Crippen LogP contribution in [0.5, 0.6) is 0 Å². The molecule has 0 saturated carbocycles. The number of aryl methyl sites for hydroxylation is 1. The zero-order valence-electron chi connectivity index (χ0n) is 11.6. The van der Waals surface area contributed by atoms with Crippen LogP contribution in [0.25, 0.3) is 0 Å². The van der Waals surface area contributed by atoms with Crippen LogP contribution in [0.15, 0.2) is 0 Å². The van der Waals surface area contributed by atoms with E-state index in [9.17, 15) is 4.79 Å². The third kappa shape index (κ3) is 3.25. The van der Waals surface area contributed by atoms with Crippen LogP contribution in [-0.2, 0) is 9.47 Å². The van der Waals surface area contributed by atoms with E-state index in [1.54, 1.807) is 7.11 Å². The summed E-state index contributed by atoms with van der Waals surface area (Å²) in [6, 6.07) is 0. The molecule has 1 atom stereocenters. The van der Waals surface area contributed by atoms with Crippen molar-refractivity contribution in [3.05, 3.63) is 10.6 Å². The molecule has 0 radical (unpaired) electrons. The molecule has 0 aromatic carbocycles. The minimum atomic E-state index is -0.299. The average Bonchev–Trinajstić information content (AvgIpc) is 2.81. The molecule has 19 heavy (non-hydrogen) atoms. The van der Waals surface area contributed by atoms with Crippen LogP contribution in [0.4, 0.5) is 5.13 Å². The van der Waals surface area contributed by atoms with Gasteiger partial charge in [-0.3, -0.25) is 0 Å². The quantitative estimate of drug-likeness (QED) is 0.793. The Morgan fingerprint density at radius 3 is 3.00 bits per heavy atom. The average molecular weight is 284 g/mol. The Kier molecular flexibility index (Phi) is 4.76. The first-order chi connectivity index (χ1) is 9.15. The smallest absolute Gasteiger partial charge is 0.350 e. The molecule has 5 nitrogen and oxygen atoms in total. The van der Waals surface area contributed by atoms with Gasteiger partial charge in [-0.25, -0.2) is 9.78 Å². The Labute approximate surface area is 117 Å². The van der Waals surface area contributed by atoms with Crippen molar-refractivity contribution in [1.29, 1.82) is 0 Å². The van der Waals surface area contributed by atoms with Gasteiger partial charge in [-0.15, -0.1) is 0 Å². The lowest BCUT2D eigenvalue weighted by atomic mass is 9.99. The minimum absolute atomic E-state index is 0.299. The van der Waals surface area contributed by atoms with Crippen LogP contribution in [0.1, 0.15) is 28.2 Å². The number of anilines is 1. The minimum Gasteiger partial charge on any atom is -0.465 e. The van der Waals surface area contributed by atoms with Gasteiger partial charge in [0.2, 0.25) is 0 Å². The highest BCUT2D eigenvalue weighted by atomic mass is 32.1. The van der Waals surface area contributed by atoms with Gasteiger partial charge in [-0.05, 0) is 25.7 Å². The van der Waals surface area contributed by atoms with Crippen LogP contribution >= 0.6 is 11.3 Å². The molecule has 0 N–H and O–H groups in total. The molecule has 1 aromatic rings. The number of carbonyl (C=O) groups is 1. The Bertz CT molecular complexity index is 445. The van der Waals surface area contributed by atoms with Gasteiger partial charge in [0.15, 0.2) is 5.13 Å². The SMILES string of the molecule is COCC1CCCN(c2nc(C)c(C(=O)OC)s2)C1. The molecule has 0 aliphatic carbocycles. The lowest BCUT2D eigenvalue weighted by Crippen LogP contribution is -2.37. The van der Waals surface area contributed by atoms with E-state index >= 15 is 0 Å². The molecule has 0 amide bonds. The van der Waals surface area contributed by atoms with Gasteiger partial charge in [0, 0.05) is 20.2 Å². The van der Waals surface area contributed by atoms with Gasteiger partial charge in [0.1, 0.15) is 4.88 Å². The summed E-state index contributed by atoms with van der Waals surface area (Å²) in [5.41, 5.74) is 0.751. The van der Waals surface area contributed by atoms with Crippen molar-refractivity contribution in [2.45, 2.75) is 19.8 Å². The lowest BCUT2D eigenvalue weighted by molar-refractivity contribution is 0.0605. The maximum Gasteiger partial charge on any atom is 0.350 e. The molecule has 2 heterocycles. The lowest BCUT2D eigenvalue weighted by Gasteiger charge is -2.32. The van der Waals surface area contributed by atoms with Crippen molar-refractivity contribution in [2.75, 3.05) is 38.8 Å². The molecular formula is C13H20N2O3S. The summed E-state index contributed by atoms with van der Waals surface area (Å²) in [5, 5.41) is 0.915. The van der Waals surface area contributed by atoms with Crippen LogP contribution in [-0.4, -0.2) is 44.9 Å². The molecule has 1 aliphatic rings. The van der Waals surface area contributed by atoms with E-state index in [1.165, 1.54) is 24.9 Å². The van der Waals surface area contributed by atoms with Gasteiger partial charge in [0.05, 0.1) is 19.4 Å². The van der Waals surface area contributed by atoms with Gasteiger partial charge in [0.25, 0.3) is 0 Å².